The fourth-order valence-corrected chi connectivity index (χ4v) is 3.90. The molecule has 0 fully saturated rings. The Morgan fingerprint density at radius 1 is 1.03 bits per heavy atom. The summed E-state index contributed by atoms with van der Waals surface area (Å²) in [5.74, 6) is -0.561. The first-order chi connectivity index (χ1) is 13.8. The summed E-state index contributed by atoms with van der Waals surface area (Å²) >= 11 is 0. The third-order valence-electron chi connectivity index (χ3n) is 4.42. The monoisotopic (exact) mass is 413 g/mol. The van der Waals surface area contributed by atoms with Gasteiger partial charge < -0.3 is 9.73 Å². The van der Waals surface area contributed by atoms with Crippen LogP contribution in [0.3, 0.4) is 0 Å². The number of hydrogen-bond donors (Lipinski definition) is 1. The molecule has 8 heteroatoms. The average Bonchev–Trinajstić information content (AvgIpc) is 3.17. The van der Waals surface area contributed by atoms with Crippen molar-refractivity contribution in [3.05, 3.63) is 77.2 Å². The van der Waals surface area contributed by atoms with Gasteiger partial charge in [0.2, 0.25) is 15.7 Å². The molecule has 3 rings (SSSR count). The van der Waals surface area contributed by atoms with Crippen LogP contribution < -0.4 is 5.32 Å². The highest BCUT2D eigenvalue weighted by atomic mass is 32.2. The number of nitrogens with zero attached hydrogens (tertiary/aromatic N) is 2. The maximum atomic E-state index is 12.6. The van der Waals surface area contributed by atoms with Gasteiger partial charge >= 0.3 is 5.22 Å². The van der Waals surface area contributed by atoms with E-state index in [1.165, 1.54) is 0 Å². The SMILES string of the molecule is Cc1ccc(C(=O)N[C@H](c2nnc(S(=O)(=O)Cc3ccccc3)o2)C(C)C)cc1. The maximum absolute atomic E-state index is 12.6. The Labute approximate surface area is 170 Å². The van der Waals surface area contributed by atoms with Crippen molar-refractivity contribution in [2.24, 2.45) is 5.92 Å². The first-order valence-corrected chi connectivity index (χ1v) is 10.9. The molecule has 0 saturated carbocycles. The molecular weight excluding hydrogens is 390 g/mol. The lowest BCUT2D eigenvalue weighted by molar-refractivity contribution is 0.0915. The molecule has 0 spiro atoms. The van der Waals surface area contributed by atoms with Crippen molar-refractivity contribution < 1.29 is 17.6 Å². The van der Waals surface area contributed by atoms with E-state index in [0.29, 0.717) is 11.1 Å². The van der Waals surface area contributed by atoms with Crippen LogP contribution in [0.25, 0.3) is 0 Å². The van der Waals surface area contributed by atoms with Crippen molar-refractivity contribution in [3.63, 3.8) is 0 Å². The van der Waals surface area contributed by atoms with Crippen LogP contribution in [0.15, 0.2) is 64.2 Å². The minimum atomic E-state index is -3.79. The summed E-state index contributed by atoms with van der Waals surface area (Å²) in [5, 5.41) is 10.0. The number of aryl methyl sites for hydroxylation is 1. The summed E-state index contributed by atoms with van der Waals surface area (Å²) in [6, 6.07) is 15.3. The number of hydrogen-bond acceptors (Lipinski definition) is 6. The number of aromatic nitrogens is 2. The zero-order valence-electron chi connectivity index (χ0n) is 16.5. The maximum Gasteiger partial charge on any atom is 0.335 e. The summed E-state index contributed by atoms with van der Waals surface area (Å²) in [6.45, 7) is 5.69. The molecule has 1 N–H and O–H groups in total. The molecule has 3 aromatic rings. The van der Waals surface area contributed by atoms with Crippen LogP contribution in [0, 0.1) is 12.8 Å². The Hall–Kier alpha value is -3.00. The van der Waals surface area contributed by atoms with E-state index in [2.05, 4.69) is 15.5 Å². The number of rotatable bonds is 7. The molecule has 2 aromatic carbocycles. The van der Waals surface area contributed by atoms with Gasteiger partial charge in [-0.1, -0.05) is 67.0 Å². The average molecular weight is 413 g/mol. The fourth-order valence-electron chi connectivity index (χ4n) is 2.77. The predicted octanol–water partition coefficient (Wildman–Crippen LogP) is 3.48. The molecule has 0 unspecified atom stereocenters. The Morgan fingerprint density at radius 3 is 2.31 bits per heavy atom. The Morgan fingerprint density at radius 2 is 1.69 bits per heavy atom. The van der Waals surface area contributed by atoms with Crippen LogP contribution in [0.4, 0.5) is 0 Å². The van der Waals surface area contributed by atoms with E-state index in [1.54, 1.807) is 36.4 Å². The highest BCUT2D eigenvalue weighted by Gasteiger charge is 2.29. The van der Waals surface area contributed by atoms with Gasteiger partial charge in [0.1, 0.15) is 6.04 Å². The Kier molecular flexibility index (Phi) is 6.12. The third-order valence-corrected chi connectivity index (χ3v) is 5.83. The summed E-state index contributed by atoms with van der Waals surface area (Å²) in [7, 11) is -3.79. The Balaban J connectivity index is 1.80. The van der Waals surface area contributed by atoms with Crippen LogP contribution in [0.1, 0.15) is 47.3 Å². The van der Waals surface area contributed by atoms with Gasteiger partial charge in [-0.05, 0) is 30.5 Å². The van der Waals surface area contributed by atoms with E-state index in [0.717, 1.165) is 5.56 Å². The number of nitrogens with one attached hydrogen (secondary N) is 1. The molecule has 0 bridgehead atoms. The van der Waals surface area contributed by atoms with Gasteiger partial charge in [0.15, 0.2) is 0 Å². The normalized spacial score (nSPS) is 12.7. The molecule has 1 atom stereocenters. The van der Waals surface area contributed by atoms with Crippen molar-refractivity contribution in [1.29, 1.82) is 0 Å². The molecular formula is C21H23N3O4S. The zero-order valence-corrected chi connectivity index (χ0v) is 17.3. The second-order valence-corrected chi connectivity index (χ2v) is 9.08. The van der Waals surface area contributed by atoms with Gasteiger partial charge in [0.05, 0.1) is 5.75 Å². The van der Waals surface area contributed by atoms with Crippen LogP contribution in [0.5, 0.6) is 0 Å². The molecule has 1 amide bonds. The minimum Gasteiger partial charge on any atom is -0.410 e. The third kappa shape index (κ3) is 5.08. The van der Waals surface area contributed by atoms with Gasteiger partial charge in [-0.2, -0.15) is 0 Å². The molecule has 0 aliphatic rings. The van der Waals surface area contributed by atoms with Gasteiger partial charge in [0.25, 0.3) is 5.91 Å². The van der Waals surface area contributed by atoms with Crippen molar-refractivity contribution in [3.8, 4) is 0 Å². The lowest BCUT2D eigenvalue weighted by Crippen LogP contribution is -2.32. The number of carbonyl (C=O) groups is 1. The zero-order chi connectivity index (χ0) is 21.0. The predicted molar refractivity (Wildman–Crippen MR) is 108 cm³/mol. The summed E-state index contributed by atoms with van der Waals surface area (Å²) in [4.78, 5) is 12.6. The highest BCUT2D eigenvalue weighted by molar-refractivity contribution is 7.90. The van der Waals surface area contributed by atoms with E-state index < -0.39 is 21.1 Å². The lowest BCUT2D eigenvalue weighted by Gasteiger charge is -2.18. The molecule has 29 heavy (non-hydrogen) atoms. The first kappa shape index (κ1) is 20.7. The van der Waals surface area contributed by atoms with Crippen LogP contribution >= 0.6 is 0 Å². The molecule has 7 nitrogen and oxygen atoms in total. The fraction of sp³-hybridized carbons (Fsp3) is 0.286. The molecule has 0 aliphatic heterocycles. The van der Waals surface area contributed by atoms with Crippen LogP contribution in [-0.4, -0.2) is 24.5 Å². The molecule has 0 radical (unpaired) electrons. The van der Waals surface area contributed by atoms with Gasteiger partial charge in [-0.3, -0.25) is 4.79 Å². The second-order valence-electron chi connectivity index (χ2n) is 7.21. The van der Waals surface area contributed by atoms with E-state index in [4.69, 9.17) is 4.42 Å². The van der Waals surface area contributed by atoms with Crippen molar-refractivity contribution in [1.82, 2.24) is 15.5 Å². The van der Waals surface area contributed by atoms with Crippen molar-refractivity contribution >= 4 is 15.7 Å². The Bertz CT molecular complexity index is 1070. The van der Waals surface area contributed by atoms with E-state index in [9.17, 15) is 13.2 Å². The van der Waals surface area contributed by atoms with Crippen LogP contribution in [-0.2, 0) is 15.6 Å². The van der Waals surface area contributed by atoms with E-state index >= 15 is 0 Å². The minimum absolute atomic E-state index is 0.0621. The number of sulfone groups is 1. The molecule has 0 saturated heterocycles. The van der Waals surface area contributed by atoms with E-state index in [1.807, 2.05) is 39.0 Å². The van der Waals surface area contributed by atoms with Crippen LogP contribution in [0.2, 0.25) is 0 Å². The topological polar surface area (TPSA) is 102 Å². The van der Waals surface area contributed by atoms with Gasteiger partial charge in [-0.25, -0.2) is 8.42 Å². The number of amides is 1. The van der Waals surface area contributed by atoms with Gasteiger partial charge in [0, 0.05) is 5.56 Å². The smallest absolute Gasteiger partial charge is 0.335 e. The quantitative estimate of drug-likeness (QED) is 0.636. The van der Waals surface area contributed by atoms with Crippen molar-refractivity contribution in [2.75, 3.05) is 0 Å². The number of benzene rings is 2. The summed E-state index contributed by atoms with van der Waals surface area (Å²) in [6.07, 6.45) is 0. The van der Waals surface area contributed by atoms with E-state index in [-0.39, 0.29) is 23.5 Å². The number of carbonyl (C=O) groups excluding carboxylic acids is 1. The summed E-state index contributed by atoms with van der Waals surface area (Å²) in [5.41, 5.74) is 2.17. The molecule has 0 aliphatic carbocycles. The molecule has 1 heterocycles. The largest absolute Gasteiger partial charge is 0.410 e. The highest BCUT2D eigenvalue weighted by Crippen LogP contribution is 2.24. The summed E-state index contributed by atoms with van der Waals surface area (Å²) < 4.78 is 30.7. The second kappa shape index (κ2) is 8.57. The van der Waals surface area contributed by atoms with Gasteiger partial charge in [-0.15, -0.1) is 5.10 Å². The van der Waals surface area contributed by atoms with Crippen molar-refractivity contribution in [2.45, 2.75) is 37.8 Å². The first-order valence-electron chi connectivity index (χ1n) is 9.24. The molecule has 1 aromatic heterocycles. The molecule has 152 valence electrons. The lowest BCUT2D eigenvalue weighted by atomic mass is 10.0. The standard InChI is InChI=1S/C21H23N3O4S/c1-14(2)18(22-19(25)17-11-9-15(3)10-12-17)20-23-24-21(28-20)29(26,27)13-16-7-5-4-6-8-16/h4-12,14,18H,13H2,1-3H3,(H,22,25)/t18-/m0/s1.